The van der Waals surface area contributed by atoms with Gasteiger partial charge in [0.2, 0.25) is 0 Å². The van der Waals surface area contributed by atoms with E-state index < -0.39 is 0 Å². The van der Waals surface area contributed by atoms with Crippen molar-refractivity contribution in [1.82, 2.24) is 5.32 Å². The molecular weight excluding hydrogens is 298 g/mol. The van der Waals surface area contributed by atoms with Crippen LogP contribution in [0.1, 0.15) is 43.2 Å². The third kappa shape index (κ3) is 5.20. The number of hydrogen-bond donors (Lipinski definition) is 1. The van der Waals surface area contributed by atoms with Crippen molar-refractivity contribution in [1.29, 1.82) is 0 Å². The van der Waals surface area contributed by atoms with Crippen molar-refractivity contribution >= 4 is 5.97 Å². The summed E-state index contributed by atoms with van der Waals surface area (Å²) in [6.07, 6.45) is 0.720. The summed E-state index contributed by atoms with van der Waals surface area (Å²) in [5.74, 6) is 0.429. The molecule has 128 valence electrons. The van der Waals surface area contributed by atoms with Crippen molar-refractivity contribution < 1.29 is 9.53 Å². The molecule has 0 amide bonds. The van der Waals surface area contributed by atoms with Crippen LogP contribution in [0.4, 0.5) is 0 Å². The molecule has 24 heavy (non-hydrogen) atoms. The summed E-state index contributed by atoms with van der Waals surface area (Å²) in [6.45, 7) is 5.05. The first-order valence-corrected chi connectivity index (χ1v) is 8.53. The maximum absolute atomic E-state index is 12.1. The highest BCUT2D eigenvalue weighted by molar-refractivity contribution is 5.75. The molecule has 0 aliphatic heterocycles. The van der Waals surface area contributed by atoms with E-state index in [1.54, 1.807) is 0 Å². The molecule has 3 nitrogen and oxygen atoms in total. The molecule has 1 N–H and O–H groups in total. The Balaban J connectivity index is 1.97. The van der Waals surface area contributed by atoms with Crippen LogP contribution in [-0.4, -0.2) is 25.7 Å². The molecule has 0 aromatic heterocycles. The van der Waals surface area contributed by atoms with Crippen molar-refractivity contribution in [3.63, 3.8) is 0 Å². The Morgan fingerprint density at radius 2 is 1.42 bits per heavy atom. The van der Waals surface area contributed by atoms with Gasteiger partial charge in [0.05, 0.1) is 7.11 Å². The zero-order valence-electron chi connectivity index (χ0n) is 14.7. The summed E-state index contributed by atoms with van der Waals surface area (Å²) in [5, 5.41) is 3.39. The lowest BCUT2D eigenvalue weighted by molar-refractivity contribution is -0.143. The maximum Gasteiger partial charge on any atom is 0.322 e. The van der Waals surface area contributed by atoms with Crippen LogP contribution in [0.25, 0.3) is 0 Å². The van der Waals surface area contributed by atoms with Crippen LogP contribution in [-0.2, 0) is 9.53 Å². The van der Waals surface area contributed by atoms with Gasteiger partial charge in [-0.05, 0) is 29.4 Å². The van der Waals surface area contributed by atoms with E-state index >= 15 is 0 Å². The summed E-state index contributed by atoms with van der Waals surface area (Å²) in [7, 11) is 1.45. The molecular formula is C21H27NO2. The van der Waals surface area contributed by atoms with E-state index in [0.717, 1.165) is 13.0 Å². The third-order valence-electron chi connectivity index (χ3n) is 4.48. The molecule has 3 unspecified atom stereocenters. The first-order valence-electron chi connectivity index (χ1n) is 8.53. The summed E-state index contributed by atoms with van der Waals surface area (Å²) >= 11 is 0. The normalized spacial score (nSPS) is 14.6. The van der Waals surface area contributed by atoms with Crippen LogP contribution in [0.5, 0.6) is 0 Å². The molecule has 2 rings (SSSR count). The van der Waals surface area contributed by atoms with E-state index in [2.05, 4.69) is 43.4 Å². The highest BCUT2D eigenvalue weighted by atomic mass is 16.5. The van der Waals surface area contributed by atoms with Crippen molar-refractivity contribution in [3.8, 4) is 0 Å². The molecule has 0 heterocycles. The van der Waals surface area contributed by atoms with E-state index in [4.69, 9.17) is 4.74 Å². The van der Waals surface area contributed by atoms with Crippen LogP contribution in [0.3, 0.4) is 0 Å². The molecule has 0 radical (unpaired) electrons. The number of ether oxygens (including phenoxy) is 1. The summed E-state index contributed by atoms with van der Waals surface area (Å²) in [4.78, 5) is 12.1. The molecule has 0 saturated heterocycles. The van der Waals surface area contributed by atoms with E-state index in [1.165, 1.54) is 18.2 Å². The van der Waals surface area contributed by atoms with E-state index in [-0.39, 0.29) is 17.9 Å². The van der Waals surface area contributed by atoms with Crippen LogP contribution >= 0.6 is 0 Å². The second-order valence-electron chi connectivity index (χ2n) is 6.34. The van der Waals surface area contributed by atoms with E-state index in [9.17, 15) is 4.79 Å². The fourth-order valence-corrected chi connectivity index (χ4v) is 2.89. The molecule has 2 aromatic rings. The van der Waals surface area contributed by atoms with Crippen LogP contribution in [0, 0.1) is 0 Å². The SMILES string of the molecule is COC(=O)C(CC(C)c1ccccc1)NCC(C)c1ccccc1. The summed E-state index contributed by atoms with van der Waals surface area (Å²) in [5.41, 5.74) is 2.51. The fraction of sp³-hybridized carbons (Fsp3) is 0.381. The summed E-state index contributed by atoms with van der Waals surface area (Å²) < 4.78 is 4.99. The molecule has 0 spiro atoms. The van der Waals surface area contributed by atoms with Gasteiger partial charge in [-0.25, -0.2) is 0 Å². The molecule has 0 saturated carbocycles. The van der Waals surface area contributed by atoms with Crippen LogP contribution in [0.2, 0.25) is 0 Å². The quantitative estimate of drug-likeness (QED) is 0.742. The van der Waals surface area contributed by atoms with E-state index in [1.807, 2.05) is 36.4 Å². The second kappa shape index (κ2) is 9.24. The largest absolute Gasteiger partial charge is 0.468 e. The predicted molar refractivity (Wildman–Crippen MR) is 98.1 cm³/mol. The van der Waals surface area contributed by atoms with Crippen LogP contribution in [0.15, 0.2) is 60.7 Å². The minimum absolute atomic E-state index is 0.196. The monoisotopic (exact) mass is 325 g/mol. The molecule has 3 heteroatoms. The Labute approximate surface area is 145 Å². The number of benzene rings is 2. The number of carbonyl (C=O) groups excluding carboxylic acids is 1. The molecule has 0 fully saturated rings. The van der Waals surface area contributed by atoms with Crippen molar-refractivity contribution in [3.05, 3.63) is 71.8 Å². The lowest BCUT2D eigenvalue weighted by Crippen LogP contribution is -2.40. The van der Waals surface area contributed by atoms with Gasteiger partial charge in [0.25, 0.3) is 0 Å². The molecule has 0 aliphatic carbocycles. The summed E-state index contributed by atoms with van der Waals surface area (Å²) in [6, 6.07) is 20.3. The van der Waals surface area contributed by atoms with Gasteiger partial charge in [0.15, 0.2) is 0 Å². The Morgan fingerprint density at radius 1 is 0.917 bits per heavy atom. The number of esters is 1. The maximum atomic E-state index is 12.1. The minimum atomic E-state index is -0.295. The Hall–Kier alpha value is -2.13. The average Bonchev–Trinajstić information content (AvgIpc) is 2.65. The minimum Gasteiger partial charge on any atom is -0.468 e. The molecule has 0 aliphatic rings. The third-order valence-corrected chi connectivity index (χ3v) is 4.48. The standard InChI is InChI=1S/C21H27NO2/c1-16(18-10-6-4-7-11-18)14-20(21(23)24-3)22-15-17(2)19-12-8-5-9-13-19/h4-13,16-17,20,22H,14-15H2,1-3H3. The van der Waals surface area contributed by atoms with Crippen molar-refractivity contribution in [2.24, 2.45) is 0 Å². The van der Waals surface area contributed by atoms with Gasteiger partial charge in [0.1, 0.15) is 6.04 Å². The number of nitrogens with one attached hydrogen (secondary N) is 1. The van der Waals surface area contributed by atoms with Gasteiger partial charge in [-0.1, -0.05) is 74.5 Å². The lowest BCUT2D eigenvalue weighted by atomic mass is 9.93. The highest BCUT2D eigenvalue weighted by Crippen LogP contribution is 2.21. The first kappa shape index (κ1) is 18.2. The second-order valence-corrected chi connectivity index (χ2v) is 6.34. The lowest BCUT2D eigenvalue weighted by Gasteiger charge is -2.22. The number of rotatable bonds is 8. The van der Waals surface area contributed by atoms with Gasteiger partial charge >= 0.3 is 5.97 Å². The molecule has 0 bridgehead atoms. The Kier molecular flexibility index (Phi) is 7.01. The average molecular weight is 325 g/mol. The highest BCUT2D eigenvalue weighted by Gasteiger charge is 2.23. The molecule has 2 aromatic carbocycles. The zero-order valence-corrected chi connectivity index (χ0v) is 14.7. The smallest absolute Gasteiger partial charge is 0.322 e. The first-order chi connectivity index (χ1) is 11.6. The van der Waals surface area contributed by atoms with Crippen LogP contribution < -0.4 is 5.32 Å². The number of carbonyl (C=O) groups is 1. The fourth-order valence-electron chi connectivity index (χ4n) is 2.89. The molecule has 3 atom stereocenters. The van der Waals surface area contributed by atoms with Crippen molar-refractivity contribution in [2.45, 2.75) is 38.1 Å². The zero-order chi connectivity index (χ0) is 17.4. The van der Waals surface area contributed by atoms with Gasteiger partial charge in [-0.3, -0.25) is 4.79 Å². The number of methoxy groups -OCH3 is 1. The Bertz CT molecular complexity index is 612. The number of hydrogen-bond acceptors (Lipinski definition) is 3. The predicted octanol–water partition coefficient (Wildman–Crippen LogP) is 4.12. The van der Waals surface area contributed by atoms with E-state index in [0.29, 0.717) is 5.92 Å². The topological polar surface area (TPSA) is 38.3 Å². The Morgan fingerprint density at radius 3 is 1.92 bits per heavy atom. The van der Waals surface area contributed by atoms with Gasteiger partial charge in [-0.15, -0.1) is 0 Å². The van der Waals surface area contributed by atoms with Gasteiger partial charge in [-0.2, -0.15) is 0 Å². The van der Waals surface area contributed by atoms with Gasteiger partial charge < -0.3 is 10.1 Å². The van der Waals surface area contributed by atoms with Gasteiger partial charge in [0, 0.05) is 6.54 Å². The van der Waals surface area contributed by atoms with Crippen molar-refractivity contribution in [2.75, 3.05) is 13.7 Å².